The standard InChI is InChI=1S/C23H26N2O2/c26-22-11-6-14-25(22)18-8-5-9-19(16-18)27-23-20-10-2-1-7-17(20)15-21(23)24-12-3-4-13-24/h1-2,5,7-10,16,21,23H,3-4,6,11-15H2/t21-,23-/m0/s1. The topological polar surface area (TPSA) is 32.8 Å². The summed E-state index contributed by atoms with van der Waals surface area (Å²) in [5, 5.41) is 0. The summed E-state index contributed by atoms with van der Waals surface area (Å²) in [6.45, 7) is 3.15. The van der Waals surface area contributed by atoms with E-state index in [0.29, 0.717) is 12.5 Å². The van der Waals surface area contributed by atoms with Crippen molar-refractivity contribution in [1.29, 1.82) is 0 Å². The Hall–Kier alpha value is -2.33. The van der Waals surface area contributed by atoms with Gasteiger partial charge in [-0.25, -0.2) is 0 Å². The van der Waals surface area contributed by atoms with E-state index in [0.717, 1.165) is 30.8 Å². The first-order chi connectivity index (χ1) is 13.3. The van der Waals surface area contributed by atoms with Gasteiger partial charge in [0.2, 0.25) is 5.91 Å². The molecule has 2 aromatic carbocycles. The number of hydrogen-bond acceptors (Lipinski definition) is 3. The summed E-state index contributed by atoms with van der Waals surface area (Å²) in [6.07, 6.45) is 5.28. The minimum Gasteiger partial charge on any atom is -0.484 e. The molecular formula is C23H26N2O2. The monoisotopic (exact) mass is 362 g/mol. The number of hydrogen-bond donors (Lipinski definition) is 0. The molecule has 2 aliphatic heterocycles. The van der Waals surface area contributed by atoms with Crippen LogP contribution in [0.1, 0.15) is 42.9 Å². The molecule has 140 valence electrons. The van der Waals surface area contributed by atoms with Gasteiger partial charge in [0.05, 0.1) is 6.04 Å². The first-order valence-electron chi connectivity index (χ1n) is 10.2. The quantitative estimate of drug-likeness (QED) is 0.825. The number of fused-ring (bicyclic) bond motifs is 1. The van der Waals surface area contributed by atoms with Crippen molar-refractivity contribution in [3.63, 3.8) is 0 Å². The van der Waals surface area contributed by atoms with Gasteiger partial charge < -0.3 is 9.64 Å². The van der Waals surface area contributed by atoms with Gasteiger partial charge in [0.1, 0.15) is 11.9 Å². The Kier molecular flexibility index (Phi) is 4.36. The molecule has 1 aliphatic carbocycles. The third-order valence-electron chi connectivity index (χ3n) is 6.22. The van der Waals surface area contributed by atoms with Crippen molar-refractivity contribution < 1.29 is 9.53 Å². The van der Waals surface area contributed by atoms with E-state index in [1.807, 2.05) is 29.2 Å². The van der Waals surface area contributed by atoms with Gasteiger partial charge in [-0.2, -0.15) is 0 Å². The molecule has 1 amide bonds. The summed E-state index contributed by atoms with van der Waals surface area (Å²) >= 11 is 0. The molecule has 2 heterocycles. The van der Waals surface area contributed by atoms with E-state index in [4.69, 9.17) is 4.74 Å². The molecule has 2 aromatic rings. The van der Waals surface area contributed by atoms with Crippen molar-refractivity contribution in [3.05, 3.63) is 59.7 Å². The molecule has 0 spiro atoms. The minimum absolute atomic E-state index is 0.0591. The molecule has 3 aliphatic rings. The van der Waals surface area contributed by atoms with Gasteiger partial charge in [0, 0.05) is 24.7 Å². The van der Waals surface area contributed by atoms with E-state index in [1.54, 1.807) is 0 Å². The van der Waals surface area contributed by atoms with Crippen LogP contribution < -0.4 is 9.64 Å². The van der Waals surface area contributed by atoms with Crippen LogP contribution in [0, 0.1) is 0 Å². The van der Waals surface area contributed by atoms with Gasteiger partial charge in [-0.1, -0.05) is 30.3 Å². The number of benzene rings is 2. The average molecular weight is 362 g/mol. The van der Waals surface area contributed by atoms with Crippen molar-refractivity contribution >= 4 is 11.6 Å². The smallest absolute Gasteiger partial charge is 0.227 e. The lowest BCUT2D eigenvalue weighted by molar-refractivity contribution is -0.117. The Labute approximate surface area is 160 Å². The third kappa shape index (κ3) is 3.12. The second-order valence-corrected chi connectivity index (χ2v) is 7.90. The van der Waals surface area contributed by atoms with Gasteiger partial charge in [-0.15, -0.1) is 0 Å². The summed E-state index contributed by atoms with van der Waals surface area (Å²) in [4.78, 5) is 16.6. The van der Waals surface area contributed by atoms with Crippen LogP contribution in [-0.4, -0.2) is 36.5 Å². The maximum absolute atomic E-state index is 12.1. The average Bonchev–Trinajstić information content (AvgIpc) is 3.42. The summed E-state index contributed by atoms with van der Waals surface area (Å²) in [5.41, 5.74) is 3.68. The Bertz CT molecular complexity index is 844. The molecule has 0 bridgehead atoms. The predicted molar refractivity (Wildman–Crippen MR) is 106 cm³/mol. The van der Waals surface area contributed by atoms with Gasteiger partial charge in [0.15, 0.2) is 0 Å². The van der Waals surface area contributed by atoms with E-state index >= 15 is 0 Å². The van der Waals surface area contributed by atoms with E-state index in [2.05, 4.69) is 29.2 Å². The van der Waals surface area contributed by atoms with Crippen LogP contribution in [0.25, 0.3) is 0 Å². The highest BCUT2D eigenvalue weighted by atomic mass is 16.5. The largest absolute Gasteiger partial charge is 0.484 e. The molecule has 0 radical (unpaired) electrons. The Morgan fingerprint density at radius 1 is 0.926 bits per heavy atom. The normalized spacial score (nSPS) is 25.2. The fourth-order valence-electron chi connectivity index (χ4n) is 4.87. The fourth-order valence-corrected chi connectivity index (χ4v) is 4.87. The second-order valence-electron chi connectivity index (χ2n) is 7.90. The van der Waals surface area contributed by atoms with Crippen molar-refractivity contribution in [2.24, 2.45) is 0 Å². The molecule has 0 aromatic heterocycles. The molecule has 27 heavy (non-hydrogen) atoms. The molecule has 4 nitrogen and oxygen atoms in total. The van der Waals surface area contributed by atoms with E-state index in [9.17, 15) is 4.79 Å². The lowest BCUT2D eigenvalue weighted by Gasteiger charge is -2.30. The predicted octanol–water partition coefficient (Wildman–Crippen LogP) is 3.95. The molecular weight excluding hydrogens is 336 g/mol. The lowest BCUT2D eigenvalue weighted by atomic mass is 10.1. The number of carbonyl (C=O) groups excluding carboxylic acids is 1. The van der Waals surface area contributed by atoms with Crippen LogP contribution in [0.15, 0.2) is 48.5 Å². The lowest BCUT2D eigenvalue weighted by Crippen LogP contribution is -2.38. The van der Waals surface area contributed by atoms with Crippen LogP contribution in [0.3, 0.4) is 0 Å². The second kappa shape index (κ2) is 7.01. The molecule has 5 rings (SSSR count). The van der Waals surface area contributed by atoms with Crippen molar-refractivity contribution in [1.82, 2.24) is 4.90 Å². The number of nitrogens with zero attached hydrogens (tertiary/aromatic N) is 2. The molecule has 2 atom stereocenters. The molecule has 0 N–H and O–H groups in total. The highest BCUT2D eigenvalue weighted by Gasteiger charge is 2.38. The van der Waals surface area contributed by atoms with Gasteiger partial charge in [-0.05, 0) is 62.0 Å². The number of likely N-dealkylation sites (tertiary alicyclic amines) is 1. The highest BCUT2D eigenvalue weighted by Crippen LogP contribution is 2.39. The SMILES string of the molecule is O=C1CCCN1c1cccc(O[C@H]2c3ccccc3C[C@@H]2N2CCCC2)c1. The first-order valence-corrected chi connectivity index (χ1v) is 10.2. The molecule has 2 fully saturated rings. The molecule has 2 saturated heterocycles. The number of anilines is 1. The van der Waals surface area contributed by atoms with Crippen molar-refractivity contribution in [2.75, 3.05) is 24.5 Å². The number of amides is 1. The van der Waals surface area contributed by atoms with Crippen LogP contribution >= 0.6 is 0 Å². The Morgan fingerprint density at radius 2 is 1.78 bits per heavy atom. The number of carbonyl (C=O) groups is 1. The number of rotatable bonds is 4. The third-order valence-corrected chi connectivity index (χ3v) is 6.22. The highest BCUT2D eigenvalue weighted by molar-refractivity contribution is 5.95. The van der Waals surface area contributed by atoms with Crippen LogP contribution in [0.2, 0.25) is 0 Å². The van der Waals surface area contributed by atoms with Crippen LogP contribution in [-0.2, 0) is 11.2 Å². The first kappa shape index (κ1) is 16.8. The van der Waals surface area contributed by atoms with Gasteiger partial charge in [-0.3, -0.25) is 9.69 Å². The zero-order valence-corrected chi connectivity index (χ0v) is 15.6. The zero-order chi connectivity index (χ0) is 18.2. The van der Waals surface area contributed by atoms with Crippen molar-refractivity contribution in [3.8, 4) is 5.75 Å². The van der Waals surface area contributed by atoms with E-state index in [-0.39, 0.29) is 12.0 Å². The Morgan fingerprint density at radius 3 is 2.59 bits per heavy atom. The minimum atomic E-state index is 0.0591. The Balaban J connectivity index is 1.43. The maximum Gasteiger partial charge on any atom is 0.227 e. The number of ether oxygens (including phenoxy) is 1. The maximum atomic E-state index is 12.1. The van der Waals surface area contributed by atoms with Crippen molar-refractivity contribution in [2.45, 2.75) is 44.2 Å². The van der Waals surface area contributed by atoms with Gasteiger partial charge >= 0.3 is 0 Å². The molecule has 0 saturated carbocycles. The van der Waals surface area contributed by atoms with Crippen LogP contribution in [0.5, 0.6) is 5.75 Å². The zero-order valence-electron chi connectivity index (χ0n) is 15.6. The summed E-state index contributed by atoms with van der Waals surface area (Å²) < 4.78 is 6.58. The fraction of sp³-hybridized carbons (Fsp3) is 0.435. The van der Waals surface area contributed by atoms with E-state index in [1.165, 1.54) is 37.1 Å². The van der Waals surface area contributed by atoms with Gasteiger partial charge in [0.25, 0.3) is 0 Å². The summed E-state index contributed by atoms with van der Waals surface area (Å²) in [7, 11) is 0. The van der Waals surface area contributed by atoms with E-state index < -0.39 is 0 Å². The van der Waals surface area contributed by atoms with Crippen LogP contribution in [0.4, 0.5) is 5.69 Å². The summed E-state index contributed by atoms with van der Waals surface area (Å²) in [6, 6.07) is 17.2. The molecule has 0 unspecified atom stereocenters. The molecule has 4 heteroatoms. The summed E-state index contributed by atoms with van der Waals surface area (Å²) in [5.74, 6) is 1.08.